The molecule has 2 aliphatic rings. The minimum Gasteiger partial charge on any atom is -0.466 e. The van der Waals surface area contributed by atoms with Crippen LogP contribution >= 0.6 is 11.6 Å². The van der Waals surface area contributed by atoms with E-state index in [9.17, 15) is 19.5 Å². The maximum Gasteiger partial charge on any atom is 0.310 e. The lowest BCUT2D eigenvalue weighted by atomic mass is 9.69. The molecule has 2 amide bonds. The number of para-hydroxylation sites is 1. The van der Waals surface area contributed by atoms with Crippen molar-refractivity contribution in [3.8, 4) is 0 Å². The Morgan fingerprint density at radius 3 is 2.55 bits per heavy atom. The van der Waals surface area contributed by atoms with Crippen LogP contribution < -0.4 is 5.32 Å². The van der Waals surface area contributed by atoms with Crippen molar-refractivity contribution in [2.75, 3.05) is 18.5 Å². The molecule has 1 heterocycles. The van der Waals surface area contributed by atoms with Crippen molar-refractivity contribution < 1.29 is 24.2 Å². The molecule has 1 aromatic carbocycles. The van der Waals surface area contributed by atoms with E-state index in [1.54, 1.807) is 19.1 Å². The summed E-state index contributed by atoms with van der Waals surface area (Å²) >= 11 is 6.33. The summed E-state index contributed by atoms with van der Waals surface area (Å²) in [5.41, 5.74) is 1.29. The van der Waals surface area contributed by atoms with Crippen LogP contribution in [0.25, 0.3) is 0 Å². The van der Waals surface area contributed by atoms with Crippen molar-refractivity contribution in [2.45, 2.75) is 52.6 Å². The summed E-state index contributed by atoms with van der Waals surface area (Å²) < 4.78 is 5.33. The molecule has 0 saturated carbocycles. The number of anilines is 1. The predicted octanol–water partition coefficient (Wildman–Crippen LogP) is 3.58. The maximum absolute atomic E-state index is 13.7. The molecule has 7 nitrogen and oxygen atoms in total. The number of aliphatic hydroxyl groups is 1. The summed E-state index contributed by atoms with van der Waals surface area (Å²) in [6.45, 7) is 7.34. The Morgan fingerprint density at radius 1 is 1.24 bits per heavy atom. The second-order valence-electron chi connectivity index (χ2n) is 8.69. The van der Waals surface area contributed by atoms with Crippen LogP contribution in [0.3, 0.4) is 0 Å². The summed E-state index contributed by atoms with van der Waals surface area (Å²) in [4.78, 5) is 41.8. The van der Waals surface area contributed by atoms with E-state index in [2.05, 4.69) is 5.32 Å². The van der Waals surface area contributed by atoms with Gasteiger partial charge in [0.2, 0.25) is 11.8 Å². The Morgan fingerprint density at radius 2 is 1.97 bits per heavy atom. The molecular weight excluding hydrogens is 444 g/mol. The van der Waals surface area contributed by atoms with E-state index in [1.165, 1.54) is 4.90 Å². The van der Waals surface area contributed by atoms with Gasteiger partial charge >= 0.3 is 5.97 Å². The summed E-state index contributed by atoms with van der Waals surface area (Å²) in [5, 5.41) is 13.3. The number of nitrogens with zero attached hydrogens (tertiary/aromatic N) is 1. The molecule has 0 radical (unpaired) electrons. The van der Waals surface area contributed by atoms with Crippen molar-refractivity contribution in [3.63, 3.8) is 0 Å². The number of hydrogen-bond acceptors (Lipinski definition) is 5. The number of hydrogen-bond donors (Lipinski definition) is 2. The van der Waals surface area contributed by atoms with Gasteiger partial charge in [0, 0.05) is 5.92 Å². The largest absolute Gasteiger partial charge is 0.466 e. The number of allylic oxidation sites excluding steroid dienone is 1. The standard InChI is InChI=1S/C25H33ClN2O5/c1-5-15-11-12-17-20(19(15)25(32)33-7-3)24(31)28(16(6-2)13-29)22(17)23(30)27-21-14(4)9-8-10-18(21)26/h8-12,15-17,19-20,22,29H,5-7,13H2,1-4H3,(H,27,30)/t15-,16+,17+,19-,20+,22+/m1/s1. The van der Waals surface area contributed by atoms with Crippen molar-refractivity contribution in [3.05, 3.63) is 40.9 Å². The number of fused-ring (bicyclic) bond motifs is 1. The Kier molecular flexibility index (Phi) is 8.19. The van der Waals surface area contributed by atoms with Crippen LogP contribution in [0.1, 0.15) is 39.2 Å². The number of ether oxygens (including phenoxy) is 1. The van der Waals surface area contributed by atoms with Gasteiger partial charge in [-0.15, -0.1) is 0 Å². The Labute approximate surface area is 200 Å². The minimum atomic E-state index is -0.874. The van der Waals surface area contributed by atoms with Gasteiger partial charge in [0.1, 0.15) is 6.04 Å². The van der Waals surface area contributed by atoms with Crippen LogP contribution in [0.2, 0.25) is 5.02 Å². The van der Waals surface area contributed by atoms with Crippen LogP contribution in [-0.2, 0) is 19.1 Å². The third kappa shape index (κ3) is 4.66. The van der Waals surface area contributed by atoms with Gasteiger partial charge in [0.25, 0.3) is 0 Å². The summed E-state index contributed by atoms with van der Waals surface area (Å²) in [6, 6.07) is 3.92. The number of nitrogens with one attached hydrogen (secondary N) is 1. The van der Waals surface area contributed by atoms with Crippen LogP contribution in [0.5, 0.6) is 0 Å². The van der Waals surface area contributed by atoms with Crippen molar-refractivity contribution in [1.82, 2.24) is 4.90 Å². The number of carbonyl (C=O) groups excluding carboxylic acids is 3. The molecule has 0 bridgehead atoms. The molecule has 0 aromatic heterocycles. The maximum atomic E-state index is 13.7. The summed E-state index contributed by atoms with van der Waals surface area (Å²) in [7, 11) is 0. The Balaban J connectivity index is 2.05. The number of likely N-dealkylation sites (tertiary alicyclic amines) is 1. The summed E-state index contributed by atoms with van der Waals surface area (Å²) in [5.74, 6) is -3.16. The molecule has 1 fully saturated rings. The number of amides is 2. The zero-order valence-corrected chi connectivity index (χ0v) is 20.3. The first kappa shape index (κ1) is 25.2. The van der Waals surface area contributed by atoms with E-state index in [0.717, 1.165) is 5.56 Å². The molecule has 0 spiro atoms. The number of halogens is 1. The molecule has 1 aromatic rings. The smallest absolute Gasteiger partial charge is 0.310 e. The third-order valence-electron chi connectivity index (χ3n) is 6.89. The Bertz CT molecular complexity index is 909. The molecule has 1 saturated heterocycles. The van der Waals surface area contributed by atoms with Gasteiger partial charge < -0.3 is 20.1 Å². The second kappa shape index (κ2) is 10.7. The second-order valence-corrected chi connectivity index (χ2v) is 9.10. The fraction of sp³-hybridized carbons (Fsp3) is 0.560. The highest BCUT2D eigenvalue weighted by Crippen LogP contribution is 2.46. The van der Waals surface area contributed by atoms with Crippen molar-refractivity contribution in [2.24, 2.45) is 23.7 Å². The lowest BCUT2D eigenvalue weighted by molar-refractivity contribution is -0.156. The van der Waals surface area contributed by atoms with E-state index in [-0.39, 0.29) is 30.9 Å². The molecule has 1 aliphatic carbocycles. The number of aryl methyl sites for hydroxylation is 1. The molecular formula is C25H33ClN2O5. The van der Waals surface area contributed by atoms with Crippen LogP contribution in [0, 0.1) is 30.6 Å². The van der Waals surface area contributed by atoms with E-state index in [4.69, 9.17) is 16.3 Å². The molecule has 6 atom stereocenters. The SMILES string of the molecule is CCOC(=O)[C@H]1[C@H]2C(=O)N([C@@H](CC)CO)[C@H](C(=O)Nc3c(C)cccc3Cl)[C@H]2C=C[C@H]1CC. The lowest BCUT2D eigenvalue weighted by Gasteiger charge is -2.33. The monoisotopic (exact) mass is 476 g/mol. The molecule has 8 heteroatoms. The first-order chi connectivity index (χ1) is 15.8. The van der Waals surface area contributed by atoms with Gasteiger partial charge in [-0.1, -0.05) is 49.7 Å². The highest BCUT2D eigenvalue weighted by molar-refractivity contribution is 6.34. The van der Waals surface area contributed by atoms with Gasteiger partial charge in [0.05, 0.1) is 41.8 Å². The average Bonchev–Trinajstić information content (AvgIpc) is 3.09. The van der Waals surface area contributed by atoms with E-state index >= 15 is 0 Å². The van der Waals surface area contributed by atoms with Gasteiger partial charge in [-0.2, -0.15) is 0 Å². The Hall–Kier alpha value is -2.38. The fourth-order valence-electron chi connectivity index (χ4n) is 5.19. The topological polar surface area (TPSA) is 95.9 Å². The first-order valence-corrected chi connectivity index (χ1v) is 12.0. The van der Waals surface area contributed by atoms with Gasteiger partial charge in [0.15, 0.2) is 0 Å². The van der Waals surface area contributed by atoms with Gasteiger partial charge in [-0.3, -0.25) is 14.4 Å². The number of aliphatic hydroxyl groups excluding tert-OH is 1. The van der Waals surface area contributed by atoms with Gasteiger partial charge in [-0.05, 0) is 44.2 Å². The number of carbonyl (C=O) groups is 3. The highest BCUT2D eigenvalue weighted by atomic mass is 35.5. The van der Waals surface area contributed by atoms with Crippen LogP contribution in [0.15, 0.2) is 30.4 Å². The molecule has 180 valence electrons. The van der Waals surface area contributed by atoms with E-state index in [0.29, 0.717) is 23.6 Å². The average molecular weight is 477 g/mol. The molecule has 33 heavy (non-hydrogen) atoms. The summed E-state index contributed by atoms with van der Waals surface area (Å²) in [6.07, 6.45) is 4.96. The minimum absolute atomic E-state index is 0.155. The van der Waals surface area contributed by atoms with Gasteiger partial charge in [-0.25, -0.2) is 0 Å². The molecule has 1 aliphatic heterocycles. The lowest BCUT2D eigenvalue weighted by Crippen LogP contribution is -2.50. The van der Waals surface area contributed by atoms with E-state index in [1.807, 2.05) is 39.0 Å². The zero-order valence-electron chi connectivity index (χ0n) is 19.6. The van der Waals surface area contributed by atoms with Crippen LogP contribution in [-0.4, -0.2) is 53.1 Å². The number of rotatable bonds is 8. The quantitative estimate of drug-likeness (QED) is 0.441. The fourth-order valence-corrected chi connectivity index (χ4v) is 5.46. The number of esters is 1. The zero-order chi connectivity index (χ0) is 24.3. The van der Waals surface area contributed by atoms with Crippen molar-refractivity contribution >= 4 is 35.1 Å². The normalized spacial score (nSPS) is 27.3. The molecule has 2 N–H and O–H groups in total. The first-order valence-electron chi connectivity index (χ1n) is 11.6. The van der Waals surface area contributed by atoms with Crippen LogP contribution in [0.4, 0.5) is 5.69 Å². The highest BCUT2D eigenvalue weighted by Gasteiger charge is 2.58. The number of benzene rings is 1. The molecule has 0 unspecified atom stereocenters. The molecule has 3 rings (SSSR count). The predicted molar refractivity (Wildman–Crippen MR) is 127 cm³/mol. The third-order valence-corrected chi connectivity index (χ3v) is 7.21. The van der Waals surface area contributed by atoms with E-state index < -0.39 is 35.8 Å². The van der Waals surface area contributed by atoms with Crippen molar-refractivity contribution in [1.29, 1.82) is 0 Å².